The second-order valence-electron chi connectivity index (χ2n) is 10.8. The summed E-state index contributed by atoms with van der Waals surface area (Å²) in [4.78, 5) is 24.2. The molecule has 3 N–H and O–H groups in total. The third-order valence-corrected chi connectivity index (χ3v) is 9.10. The van der Waals surface area contributed by atoms with E-state index in [4.69, 9.17) is 0 Å². The standard InChI is InChI=1S/C28H25FN6O2/c29-16-7-8-35-22(12-31-24(35)9-16)18-3-5-21(25-19(18)11-32-27(25)37)33-23-6-2-17(10-30-23)34-13-15-1-4-20-26(36)28(15,20)14-34/h2-3,5-10,12,15,20,26,36H,1,4,11,13-14H2,(H,30,33)(H,32,37)/t15-,20-,26?,28?/m1/s1. The summed E-state index contributed by atoms with van der Waals surface area (Å²) in [5, 5.41) is 16.7. The third kappa shape index (κ3) is 2.88. The molecule has 2 aliphatic carbocycles. The largest absolute Gasteiger partial charge is 0.392 e. The molecule has 1 saturated heterocycles. The first-order valence-corrected chi connectivity index (χ1v) is 12.8. The molecular formula is C28H25FN6O2. The van der Waals surface area contributed by atoms with E-state index < -0.39 is 0 Å². The van der Waals surface area contributed by atoms with Gasteiger partial charge in [0.2, 0.25) is 0 Å². The molecular weight excluding hydrogens is 471 g/mol. The number of fused-ring (bicyclic) bond motifs is 2. The Bertz CT molecular complexity index is 1600. The maximum absolute atomic E-state index is 13.6. The zero-order valence-electron chi connectivity index (χ0n) is 20.0. The van der Waals surface area contributed by atoms with Crippen LogP contribution in [0.3, 0.4) is 0 Å². The van der Waals surface area contributed by atoms with Gasteiger partial charge in [-0.2, -0.15) is 0 Å². The summed E-state index contributed by atoms with van der Waals surface area (Å²) in [6, 6.07) is 10.6. The number of aliphatic hydroxyl groups excluding tert-OH is 1. The number of hydrogen-bond acceptors (Lipinski definition) is 6. The first kappa shape index (κ1) is 21.1. The molecule has 8 rings (SSSR count). The number of pyridine rings is 2. The normalized spacial score (nSPS) is 27.2. The Labute approximate surface area is 212 Å². The number of rotatable bonds is 4. The van der Waals surface area contributed by atoms with Crippen LogP contribution in [0, 0.1) is 23.1 Å². The summed E-state index contributed by atoms with van der Waals surface area (Å²) in [7, 11) is 0. The van der Waals surface area contributed by atoms with Gasteiger partial charge in [-0.1, -0.05) is 6.07 Å². The number of halogens is 1. The number of aromatic nitrogens is 3. The van der Waals surface area contributed by atoms with Crippen LogP contribution in [0.1, 0.15) is 28.8 Å². The highest BCUT2D eigenvalue weighted by Crippen LogP contribution is 2.69. The molecule has 8 nitrogen and oxygen atoms in total. The van der Waals surface area contributed by atoms with Gasteiger partial charge in [-0.3, -0.25) is 9.20 Å². The van der Waals surface area contributed by atoms with Gasteiger partial charge in [-0.05, 0) is 54.5 Å². The van der Waals surface area contributed by atoms with Gasteiger partial charge in [0.05, 0.1) is 41.1 Å². The number of nitrogens with zero attached hydrogens (tertiary/aromatic N) is 4. The average Bonchev–Trinajstić information content (AvgIpc) is 3.46. The minimum atomic E-state index is -0.341. The van der Waals surface area contributed by atoms with E-state index in [0.717, 1.165) is 42.0 Å². The van der Waals surface area contributed by atoms with Crippen LogP contribution in [-0.2, 0) is 6.54 Å². The molecule has 4 atom stereocenters. The fourth-order valence-corrected chi connectivity index (χ4v) is 7.23. The minimum Gasteiger partial charge on any atom is -0.392 e. The van der Waals surface area contributed by atoms with Crippen molar-refractivity contribution in [1.82, 2.24) is 19.7 Å². The smallest absolute Gasteiger partial charge is 0.254 e. The molecule has 9 heteroatoms. The summed E-state index contributed by atoms with van der Waals surface area (Å²) in [5.41, 5.74) is 5.51. The van der Waals surface area contributed by atoms with Crippen LogP contribution >= 0.6 is 0 Å². The SMILES string of the molecule is O=C1NCc2c(-c3cnc4cc(F)ccn34)ccc(Nc3ccc(N4C[C@H]5CC[C@@H]6C(O)C56C4)cn3)c21. The lowest BCUT2D eigenvalue weighted by Crippen LogP contribution is -2.21. The first-order chi connectivity index (χ1) is 18.0. The predicted molar refractivity (Wildman–Crippen MR) is 136 cm³/mol. The number of amides is 1. The number of carbonyl (C=O) groups is 1. The Morgan fingerprint density at radius 3 is 2.86 bits per heavy atom. The fourth-order valence-electron chi connectivity index (χ4n) is 7.23. The molecule has 2 aliphatic heterocycles. The fraction of sp³-hybridized carbons (Fsp3) is 0.321. The van der Waals surface area contributed by atoms with E-state index in [-0.39, 0.29) is 23.2 Å². The van der Waals surface area contributed by atoms with E-state index in [0.29, 0.717) is 41.1 Å². The average molecular weight is 497 g/mol. The molecule has 0 radical (unpaired) electrons. The van der Waals surface area contributed by atoms with E-state index in [2.05, 4.69) is 31.6 Å². The van der Waals surface area contributed by atoms with Crippen LogP contribution < -0.4 is 15.5 Å². The monoisotopic (exact) mass is 496 g/mol. The second-order valence-corrected chi connectivity index (χ2v) is 10.8. The predicted octanol–water partition coefficient (Wildman–Crippen LogP) is 3.73. The Morgan fingerprint density at radius 1 is 1.14 bits per heavy atom. The summed E-state index contributed by atoms with van der Waals surface area (Å²) >= 11 is 0. The van der Waals surface area contributed by atoms with Crippen LogP contribution in [0.25, 0.3) is 16.9 Å². The molecule has 2 saturated carbocycles. The molecule has 5 heterocycles. The molecule has 1 aromatic carbocycles. The lowest BCUT2D eigenvalue weighted by atomic mass is 9.94. The van der Waals surface area contributed by atoms with Crippen LogP contribution in [0.15, 0.2) is 55.0 Å². The van der Waals surface area contributed by atoms with Gasteiger partial charge in [-0.15, -0.1) is 0 Å². The third-order valence-electron chi connectivity index (χ3n) is 9.10. The summed E-state index contributed by atoms with van der Waals surface area (Å²) in [6.45, 7) is 2.29. The lowest BCUT2D eigenvalue weighted by Gasteiger charge is -2.19. The van der Waals surface area contributed by atoms with Crippen molar-refractivity contribution in [2.45, 2.75) is 25.5 Å². The van der Waals surface area contributed by atoms with Crippen molar-refractivity contribution in [3.63, 3.8) is 0 Å². The number of benzene rings is 1. The molecule has 1 amide bonds. The van der Waals surface area contributed by atoms with Gasteiger partial charge in [0.15, 0.2) is 0 Å². The molecule has 3 aromatic heterocycles. The Hall–Kier alpha value is -3.98. The number of nitrogens with one attached hydrogen (secondary N) is 2. The second kappa shape index (κ2) is 7.29. The zero-order valence-corrected chi connectivity index (χ0v) is 20.0. The number of hydrogen-bond donors (Lipinski definition) is 3. The van der Waals surface area contributed by atoms with E-state index in [1.165, 1.54) is 18.6 Å². The maximum Gasteiger partial charge on any atom is 0.254 e. The summed E-state index contributed by atoms with van der Waals surface area (Å²) in [6.07, 6.45) is 7.46. The van der Waals surface area contributed by atoms with Gasteiger partial charge < -0.3 is 20.6 Å². The minimum absolute atomic E-state index is 0.113. The quantitative estimate of drug-likeness (QED) is 0.399. The number of imidazole rings is 1. The number of carbonyl (C=O) groups excluding carboxylic acids is 1. The number of anilines is 3. The zero-order chi connectivity index (χ0) is 24.9. The van der Waals surface area contributed by atoms with Gasteiger partial charge in [0.25, 0.3) is 5.91 Å². The number of aliphatic hydroxyl groups is 1. The van der Waals surface area contributed by atoms with Crippen molar-refractivity contribution in [2.24, 2.45) is 17.3 Å². The summed E-state index contributed by atoms with van der Waals surface area (Å²) in [5.74, 6) is 1.24. The molecule has 1 spiro atoms. The molecule has 4 aliphatic rings. The van der Waals surface area contributed by atoms with Crippen molar-refractivity contribution in [3.05, 3.63) is 71.9 Å². The van der Waals surface area contributed by atoms with Crippen molar-refractivity contribution >= 4 is 28.7 Å². The van der Waals surface area contributed by atoms with E-state index in [9.17, 15) is 14.3 Å². The van der Waals surface area contributed by atoms with Crippen LogP contribution in [0.5, 0.6) is 0 Å². The highest BCUT2D eigenvalue weighted by Gasteiger charge is 2.73. The van der Waals surface area contributed by atoms with Gasteiger partial charge >= 0.3 is 0 Å². The van der Waals surface area contributed by atoms with Crippen molar-refractivity contribution in [1.29, 1.82) is 0 Å². The van der Waals surface area contributed by atoms with Crippen molar-refractivity contribution < 1.29 is 14.3 Å². The molecule has 37 heavy (non-hydrogen) atoms. The molecule has 2 unspecified atom stereocenters. The Kier molecular flexibility index (Phi) is 4.16. The molecule has 3 fully saturated rings. The van der Waals surface area contributed by atoms with Gasteiger partial charge in [-0.25, -0.2) is 14.4 Å². The first-order valence-electron chi connectivity index (χ1n) is 12.8. The van der Waals surface area contributed by atoms with E-state index in [1.807, 2.05) is 28.8 Å². The Balaban J connectivity index is 1.08. The molecule has 0 bridgehead atoms. The van der Waals surface area contributed by atoms with Crippen molar-refractivity contribution in [2.75, 3.05) is 23.3 Å². The van der Waals surface area contributed by atoms with E-state index >= 15 is 0 Å². The van der Waals surface area contributed by atoms with Gasteiger partial charge in [0, 0.05) is 42.9 Å². The van der Waals surface area contributed by atoms with Gasteiger partial charge in [0.1, 0.15) is 17.3 Å². The van der Waals surface area contributed by atoms with E-state index in [1.54, 1.807) is 12.4 Å². The van der Waals surface area contributed by atoms with Crippen LogP contribution in [0.4, 0.5) is 21.6 Å². The molecule has 4 aromatic rings. The lowest BCUT2D eigenvalue weighted by molar-refractivity contribution is 0.0966. The van der Waals surface area contributed by atoms with Crippen molar-refractivity contribution in [3.8, 4) is 11.3 Å². The maximum atomic E-state index is 13.6. The highest BCUT2D eigenvalue weighted by molar-refractivity contribution is 6.06. The topological polar surface area (TPSA) is 94.8 Å². The Morgan fingerprint density at radius 2 is 2.05 bits per heavy atom. The van der Waals surface area contributed by atoms with Crippen LogP contribution in [0.2, 0.25) is 0 Å². The van der Waals surface area contributed by atoms with Crippen LogP contribution in [-0.4, -0.2) is 44.6 Å². The summed E-state index contributed by atoms with van der Waals surface area (Å²) < 4.78 is 15.5. The molecule has 186 valence electrons. The highest BCUT2D eigenvalue weighted by atomic mass is 19.1.